The lowest BCUT2D eigenvalue weighted by Crippen LogP contribution is -2.61. The summed E-state index contributed by atoms with van der Waals surface area (Å²) < 4.78 is 23.5. The molecule has 10 heteroatoms. The Kier molecular flexibility index (Phi) is 6.28. The zero-order chi connectivity index (χ0) is 17.3. The Bertz CT molecular complexity index is 382. The lowest BCUT2D eigenvalue weighted by atomic mass is 9.81. The van der Waals surface area contributed by atoms with Gasteiger partial charge in [-0.15, -0.1) is 0 Å². The van der Waals surface area contributed by atoms with Gasteiger partial charge in [0.2, 0.25) is 6.36 Å². The standard InChI is InChI=1S/C13H23FO9/c14-13-12(21)8(17)4(6(2-15)23-13)1-5-9(18)11(20)10(19)7(3-16)22-5/h4-13,15-21H,1-3H2. The van der Waals surface area contributed by atoms with E-state index in [1.54, 1.807) is 0 Å². The minimum absolute atomic E-state index is 0.197. The van der Waals surface area contributed by atoms with E-state index in [4.69, 9.17) is 14.6 Å². The molecule has 0 aromatic carbocycles. The molecule has 136 valence electrons. The summed E-state index contributed by atoms with van der Waals surface area (Å²) in [5.74, 6) is -0.983. The molecule has 2 aliphatic heterocycles. The van der Waals surface area contributed by atoms with Gasteiger partial charge in [-0.05, 0) is 6.42 Å². The molecule has 2 fully saturated rings. The van der Waals surface area contributed by atoms with Gasteiger partial charge < -0.3 is 45.2 Å². The summed E-state index contributed by atoms with van der Waals surface area (Å²) in [6.45, 7) is -1.24. The molecule has 10 unspecified atom stereocenters. The minimum atomic E-state index is -2.16. The average molecular weight is 342 g/mol. The van der Waals surface area contributed by atoms with Gasteiger partial charge in [-0.3, -0.25) is 0 Å². The molecule has 0 bridgehead atoms. The SMILES string of the molecule is OCC1OC(CC2C(CO)OC(F)C(O)C2O)C(O)C(O)C1O. The molecule has 0 aromatic heterocycles. The summed E-state index contributed by atoms with van der Waals surface area (Å²) in [6.07, 6.45) is -13.8. The van der Waals surface area contributed by atoms with Crippen molar-refractivity contribution in [1.29, 1.82) is 0 Å². The highest BCUT2D eigenvalue weighted by Crippen LogP contribution is 2.33. The first-order chi connectivity index (χ1) is 10.8. The summed E-state index contributed by atoms with van der Waals surface area (Å²) in [4.78, 5) is 0. The minimum Gasteiger partial charge on any atom is -0.394 e. The zero-order valence-corrected chi connectivity index (χ0v) is 12.2. The van der Waals surface area contributed by atoms with Crippen LogP contribution in [0.1, 0.15) is 6.42 Å². The maximum absolute atomic E-state index is 13.4. The Hall–Kier alpha value is -0.430. The Labute approximate surface area is 131 Å². The largest absolute Gasteiger partial charge is 0.394 e. The topological polar surface area (TPSA) is 160 Å². The van der Waals surface area contributed by atoms with Gasteiger partial charge in [-0.2, -0.15) is 0 Å². The smallest absolute Gasteiger partial charge is 0.228 e. The number of halogens is 1. The Morgan fingerprint density at radius 2 is 1.22 bits per heavy atom. The predicted octanol–water partition coefficient (Wildman–Crippen LogP) is -3.76. The van der Waals surface area contributed by atoms with E-state index in [1.807, 2.05) is 0 Å². The fourth-order valence-electron chi connectivity index (χ4n) is 3.09. The third-order valence-corrected chi connectivity index (χ3v) is 4.52. The Morgan fingerprint density at radius 3 is 1.78 bits per heavy atom. The van der Waals surface area contributed by atoms with Crippen LogP contribution in [0.4, 0.5) is 4.39 Å². The van der Waals surface area contributed by atoms with Crippen molar-refractivity contribution >= 4 is 0 Å². The van der Waals surface area contributed by atoms with Crippen molar-refractivity contribution in [2.24, 2.45) is 5.92 Å². The van der Waals surface area contributed by atoms with Crippen LogP contribution in [-0.4, -0.2) is 104 Å². The molecule has 9 nitrogen and oxygen atoms in total. The fourth-order valence-corrected chi connectivity index (χ4v) is 3.09. The van der Waals surface area contributed by atoms with Gasteiger partial charge in [-0.25, -0.2) is 4.39 Å². The third-order valence-electron chi connectivity index (χ3n) is 4.52. The van der Waals surface area contributed by atoms with Gasteiger partial charge in [0, 0.05) is 5.92 Å². The highest BCUT2D eigenvalue weighted by Gasteiger charge is 2.49. The molecule has 10 atom stereocenters. The number of alkyl halides is 1. The van der Waals surface area contributed by atoms with Crippen molar-refractivity contribution < 1.29 is 49.6 Å². The van der Waals surface area contributed by atoms with Gasteiger partial charge in [-0.1, -0.05) is 0 Å². The normalized spacial score (nSPS) is 51.7. The van der Waals surface area contributed by atoms with E-state index in [9.17, 15) is 35.0 Å². The van der Waals surface area contributed by atoms with Crippen LogP contribution in [0.3, 0.4) is 0 Å². The van der Waals surface area contributed by atoms with Crippen LogP contribution in [-0.2, 0) is 9.47 Å². The van der Waals surface area contributed by atoms with Gasteiger partial charge in [0.1, 0.15) is 30.5 Å². The van der Waals surface area contributed by atoms with Crippen molar-refractivity contribution in [2.45, 2.75) is 61.6 Å². The average Bonchev–Trinajstić information content (AvgIpc) is 2.55. The molecule has 23 heavy (non-hydrogen) atoms. The summed E-state index contributed by atoms with van der Waals surface area (Å²) in [6, 6.07) is 0. The van der Waals surface area contributed by atoms with Gasteiger partial charge in [0.05, 0.1) is 31.5 Å². The summed E-state index contributed by atoms with van der Waals surface area (Å²) in [5.41, 5.74) is 0. The van der Waals surface area contributed by atoms with E-state index in [-0.39, 0.29) is 6.42 Å². The van der Waals surface area contributed by atoms with Crippen LogP contribution in [0.25, 0.3) is 0 Å². The molecule has 2 aliphatic rings. The number of aliphatic hydroxyl groups excluding tert-OH is 7. The molecule has 0 aromatic rings. The van der Waals surface area contributed by atoms with Gasteiger partial charge in [0.15, 0.2) is 0 Å². The maximum Gasteiger partial charge on any atom is 0.228 e. The number of ether oxygens (including phenoxy) is 2. The van der Waals surface area contributed by atoms with Crippen LogP contribution in [0.2, 0.25) is 0 Å². The van der Waals surface area contributed by atoms with Crippen LogP contribution in [0.5, 0.6) is 0 Å². The molecule has 2 heterocycles. The molecule has 7 N–H and O–H groups in total. The molecular formula is C13H23FO9. The van der Waals surface area contributed by atoms with E-state index in [1.165, 1.54) is 0 Å². The van der Waals surface area contributed by atoms with Crippen molar-refractivity contribution in [1.82, 2.24) is 0 Å². The first kappa shape index (κ1) is 18.9. The molecule has 2 saturated heterocycles. The number of aliphatic hydroxyl groups is 7. The van der Waals surface area contributed by atoms with Crippen molar-refractivity contribution in [3.63, 3.8) is 0 Å². The Balaban J connectivity index is 2.11. The van der Waals surface area contributed by atoms with Crippen molar-refractivity contribution in [3.8, 4) is 0 Å². The number of rotatable bonds is 4. The lowest BCUT2D eigenvalue weighted by molar-refractivity contribution is -0.267. The highest BCUT2D eigenvalue weighted by molar-refractivity contribution is 4.96. The van der Waals surface area contributed by atoms with E-state index in [0.29, 0.717) is 0 Å². The van der Waals surface area contributed by atoms with Crippen LogP contribution >= 0.6 is 0 Å². The maximum atomic E-state index is 13.4. The molecule has 0 radical (unpaired) electrons. The Morgan fingerprint density at radius 1 is 0.652 bits per heavy atom. The van der Waals surface area contributed by atoms with E-state index in [2.05, 4.69) is 0 Å². The molecule has 0 amide bonds. The highest BCUT2D eigenvalue weighted by atomic mass is 19.1. The van der Waals surface area contributed by atoms with E-state index < -0.39 is 74.3 Å². The van der Waals surface area contributed by atoms with Crippen LogP contribution in [0, 0.1) is 5.92 Å². The monoisotopic (exact) mass is 342 g/mol. The molecule has 0 aliphatic carbocycles. The van der Waals surface area contributed by atoms with Crippen LogP contribution < -0.4 is 0 Å². The fraction of sp³-hybridized carbons (Fsp3) is 1.00. The second-order valence-electron chi connectivity index (χ2n) is 5.96. The van der Waals surface area contributed by atoms with Gasteiger partial charge in [0.25, 0.3) is 0 Å². The predicted molar refractivity (Wildman–Crippen MR) is 70.7 cm³/mol. The first-order valence-electron chi connectivity index (χ1n) is 7.38. The summed E-state index contributed by atoms with van der Waals surface area (Å²) in [5, 5.41) is 67.4. The first-order valence-corrected chi connectivity index (χ1v) is 7.38. The van der Waals surface area contributed by atoms with Gasteiger partial charge >= 0.3 is 0 Å². The van der Waals surface area contributed by atoms with Crippen molar-refractivity contribution in [2.75, 3.05) is 13.2 Å². The third kappa shape index (κ3) is 3.65. The molecule has 0 spiro atoms. The second-order valence-corrected chi connectivity index (χ2v) is 5.96. The molecule has 0 saturated carbocycles. The van der Waals surface area contributed by atoms with Crippen LogP contribution in [0.15, 0.2) is 0 Å². The summed E-state index contributed by atoms with van der Waals surface area (Å²) >= 11 is 0. The zero-order valence-electron chi connectivity index (χ0n) is 12.2. The van der Waals surface area contributed by atoms with E-state index in [0.717, 1.165) is 0 Å². The number of hydrogen-bond donors (Lipinski definition) is 7. The van der Waals surface area contributed by atoms with E-state index >= 15 is 0 Å². The lowest BCUT2D eigenvalue weighted by Gasteiger charge is -2.45. The second kappa shape index (κ2) is 7.64. The number of hydrogen-bond acceptors (Lipinski definition) is 9. The quantitative estimate of drug-likeness (QED) is 0.272. The summed E-state index contributed by atoms with van der Waals surface area (Å²) in [7, 11) is 0. The molecular weight excluding hydrogens is 319 g/mol. The molecule has 2 rings (SSSR count). The van der Waals surface area contributed by atoms with Crippen molar-refractivity contribution in [3.05, 3.63) is 0 Å².